The summed E-state index contributed by atoms with van der Waals surface area (Å²) >= 11 is 3.44. The van der Waals surface area contributed by atoms with E-state index < -0.39 is 0 Å². The van der Waals surface area contributed by atoms with Crippen LogP contribution in [-0.4, -0.2) is 36.5 Å². The van der Waals surface area contributed by atoms with Crippen molar-refractivity contribution in [3.05, 3.63) is 33.8 Å². The zero-order chi connectivity index (χ0) is 13.1. The number of amides is 1. The van der Waals surface area contributed by atoms with Crippen LogP contribution in [0.3, 0.4) is 0 Å². The van der Waals surface area contributed by atoms with Gasteiger partial charge in [0.15, 0.2) is 0 Å². The normalized spacial score (nSPS) is 18.9. The monoisotopic (exact) mass is 310 g/mol. The van der Waals surface area contributed by atoms with Crippen molar-refractivity contribution in [1.29, 1.82) is 0 Å². The molecule has 1 aromatic rings. The number of carbonyl (C=O) groups is 1. The summed E-state index contributed by atoms with van der Waals surface area (Å²) in [7, 11) is 0. The van der Waals surface area contributed by atoms with Gasteiger partial charge < -0.3 is 10.2 Å². The molecule has 0 aromatic heterocycles. The highest BCUT2D eigenvalue weighted by Crippen LogP contribution is 2.20. The lowest BCUT2D eigenvalue weighted by Gasteiger charge is -2.28. The van der Waals surface area contributed by atoms with Crippen LogP contribution in [0.1, 0.15) is 29.3 Å². The molecule has 18 heavy (non-hydrogen) atoms. The molecule has 0 radical (unpaired) electrons. The topological polar surface area (TPSA) is 32.3 Å². The van der Waals surface area contributed by atoms with Gasteiger partial charge in [0.05, 0.1) is 0 Å². The molecule has 98 valence electrons. The molecule has 1 aliphatic rings. The van der Waals surface area contributed by atoms with Crippen LogP contribution < -0.4 is 5.32 Å². The first-order chi connectivity index (χ1) is 8.63. The van der Waals surface area contributed by atoms with Crippen LogP contribution in [-0.2, 0) is 0 Å². The van der Waals surface area contributed by atoms with Crippen molar-refractivity contribution in [1.82, 2.24) is 10.2 Å². The fraction of sp³-hybridized carbons (Fsp3) is 0.500. The zero-order valence-electron chi connectivity index (χ0n) is 10.9. The van der Waals surface area contributed by atoms with E-state index in [4.69, 9.17) is 0 Å². The summed E-state index contributed by atoms with van der Waals surface area (Å²) in [5.41, 5.74) is 1.84. The maximum Gasteiger partial charge on any atom is 0.254 e. The van der Waals surface area contributed by atoms with Crippen molar-refractivity contribution in [3.8, 4) is 0 Å². The lowest BCUT2D eigenvalue weighted by Crippen LogP contribution is -2.41. The van der Waals surface area contributed by atoms with Crippen molar-refractivity contribution < 1.29 is 4.79 Å². The zero-order valence-corrected chi connectivity index (χ0v) is 12.5. The minimum absolute atomic E-state index is 0.144. The molecule has 0 spiro atoms. The maximum absolute atomic E-state index is 12.6. The van der Waals surface area contributed by atoms with Gasteiger partial charge in [-0.15, -0.1) is 0 Å². The van der Waals surface area contributed by atoms with Crippen LogP contribution in [0.25, 0.3) is 0 Å². The first-order valence-electron chi connectivity index (χ1n) is 6.41. The van der Waals surface area contributed by atoms with Crippen LogP contribution >= 0.6 is 15.9 Å². The van der Waals surface area contributed by atoms with Crippen molar-refractivity contribution in [2.24, 2.45) is 0 Å². The number of rotatable bonds is 3. The molecule has 0 bridgehead atoms. The Labute approximate surface area is 117 Å². The van der Waals surface area contributed by atoms with Gasteiger partial charge in [-0.2, -0.15) is 0 Å². The van der Waals surface area contributed by atoms with E-state index in [1.165, 1.54) is 0 Å². The number of carbonyl (C=O) groups excluding carboxylic acids is 1. The first kappa shape index (κ1) is 13.6. The summed E-state index contributed by atoms with van der Waals surface area (Å²) in [6.07, 6.45) is 1.05. The Morgan fingerprint density at radius 3 is 2.94 bits per heavy atom. The van der Waals surface area contributed by atoms with Gasteiger partial charge >= 0.3 is 0 Å². The second kappa shape index (κ2) is 5.85. The van der Waals surface area contributed by atoms with Gasteiger partial charge in [-0.25, -0.2) is 0 Å². The molecule has 1 heterocycles. The molecule has 4 heteroatoms. The third kappa shape index (κ3) is 2.75. The number of nitrogens with one attached hydrogen (secondary N) is 1. The van der Waals surface area contributed by atoms with E-state index in [9.17, 15) is 4.79 Å². The lowest BCUT2D eigenvalue weighted by atomic mass is 10.1. The smallest absolute Gasteiger partial charge is 0.254 e. The summed E-state index contributed by atoms with van der Waals surface area (Å²) < 4.78 is 0.956. The van der Waals surface area contributed by atoms with Gasteiger partial charge in [0, 0.05) is 29.2 Å². The molecule has 2 rings (SSSR count). The van der Waals surface area contributed by atoms with E-state index in [-0.39, 0.29) is 5.91 Å². The van der Waals surface area contributed by atoms with Crippen LogP contribution in [0.5, 0.6) is 0 Å². The summed E-state index contributed by atoms with van der Waals surface area (Å²) in [4.78, 5) is 14.6. The van der Waals surface area contributed by atoms with E-state index in [2.05, 4.69) is 21.2 Å². The third-order valence-electron chi connectivity index (χ3n) is 3.51. The van der Waals surface area contributed by atoms with Crippen LogP contribution in [0, 0.1) is 6.92 Å². The molecule has 1 N–H and O–H groups in total. The van der Waals surface area contributed by atoms with Gasteiger partial charge in [-0.3, -0.25) is 4.79 Å². The van der Waals surface area contributed by atoms with Crippen LogP contribution in [0.2, 0.25) is 0 Å². The Morgan fingerprint density at radius 1 is 1.56 bits per heavy atom. The number of nitrogens with zero attached hydrogens (tertiary/aromatic N) is 1. The Kier molecular flexibility index (Phi) is 4.40. The van der Waals surface area contributed by atoms with Gasteiger partial charge in [0.25, 0.3) is 5.91 Å². The third-order valence-corrected chi connectivity index (χ3v) is 4.00. The second-order valence-electron chi connectivity index (χ2n) is 4.70. The SMILES string of the molecule is CCN(C(=O)c1cc(Br)ccc1C)C1CCNC1. The summed E-state index contributed by atoms with van der Waals surface area (Å²) in [6, 6.07) is 6.21. The van der Waals surface area contributed by atoms with E-state index in [1.807, 2.05) is 36.9 Å². The predicted molar refractivity (Wildman–Crippen MR) is 76.9 cm³/mol. The van der Waals surface area contributed by atoms with Crippen molar-refractivity contribution in [2.45, 2.75) is 26.3 Å². The molecule has 1 fully saturated rings. The first-order valence-corrected chi connectivity index (χ1v) is 7.20. The Balaban J connectivity index is 2.25. The lowest BCUT2D eigenvalue weighted by molar-refractivity contribution is 0.0703. The quantitative estimate of drug-likeness (QED) is 0.930. The second-order valence-corrected chi connectivity index (χ2v) is 5.61. The number of halogens is 1. The van der Waals surface area contributed by atoms with Gasteiger partial charge in [0.2, 0.25) is 0 Å². The van der Waals surface area contributed by atoms with E-state index in [0.29, 0.717) is 6.04 Å². The Bertz CT molecular complexity index is 441. The van der Waals surface area contributed by atoms with Gasteiger partial charge in [-0.05, 0) is 44.5 Å². The van der Waals surface area contributed by atoms with Gasteiger partial charge in [0.1, 0.15) is 0 Å². The summed E-state index contributed by atoms with van der Waals surface area (Å²) in [6.45, 7) is 6.71. The fourth-order valence-corrected chi connectivity index (χ4v) is 2.81. The summed E-state index contributed by atoms with van der Waals surface area (Å²) in [5, 5.41) is 3.32. The van der Waals surface area contributed by atoms with Crippen molar-refractivity contribution in [2.75, 3.05) is 19.6 Å². The highest BCUT2D eigenvalue weighted by molar-refractivity contribution is 9.10. The van der Waals surface area contributed by atoms with Gasteiger partial charge in [-0.1, -0.05) is 22.0 Å². The average Bonchev–Trinajstić information content (AvgIpc) is 2.87. The van der Waals surface area contributed by atoms with E-state index >= 15 is 0 Å². The minimum atomic E-state index is 0.144. The number of aryl methyl sites for hydroxylation is 1. The molecule has 1 aromatic carbocycles. The van der Waals surface area contributed by atoms with E-state index in [1.54, 1.807) is 0 Å². The summed E-state index contributed by atoms with van der Waals surface area (Å²) in [5.74, 6) is 0.144. The number of hydrogen-bond donors (Lipinski definition) is 1. The molecule has 1 amide bonds. The van der Waals surface area contributed by atoms with Crippen molar-refractivity contribution >= 4 is 21.8 Å². The van der Waals surface area contributed by atoms with Crippen LogP contribution in [0.15, 0.2) is 22.7 Å². The minimum Gasteiger partial charge on any atom is -0.335 e. The number of hydrogen-bond acceptors (Lipinski definition) is 2. The van der Waals surface area contributed by atoms with E-state index in [0.717, 1.165) is 41.7 Å². The molecule has 1 saturated heterocycles. The number of likely N-dealkylation sites (N-methyl/N-ethyl adjacent to an activating group) is 1. The maximum atomic E-state index is 12.6. The standard InChI is InChI=1S/C14H19BrN2O/c1-3-17(12-6-7-16-9-12)14(18)13-8-11(15)5-4-10(13)2/h4-5,8,12,16H,3,6-7,9H2,1-2H3. The molecule has 1 aliphatic heterocycles. The molecule has 0 aliphatic carbocycles. The molecule has 3 nitrogen and oxygen atoms in total. The molecule has 0 saturated carbocycles. The Hall–Kier alpha value is -0.870. The molecular formula is C14H19BrN2O. The van der Waals surface area contributed by atoms with Crippen LogP contribution in [0.4, 0.5) is 0 Å². The molecular weight excluding hydrogens is 292 g/mol. The average molecular weight is 311 g/mol. The van der Waals surface area contributed by atoms with Crippen molar-refractivity contribution in [3.63, 3.8) is 0 Å². The highest BCUT2D eigenvalue weighted by Gasteiger charge is 2.26. The molecule has 1 atom stereocenters. The Morgan fingerprint density at radius 2 is 2.33 bits per heavy atom. The fourth-order valence-electron chi connectivity index (χ4n) is 2.45. The predicted octanol–water partition coefficient (Wildman–Crippen LogP) is 2.58. The molecule has 1 unspecified atom stereocenters. The highest BCUT2D eigenvalue weighted by atomic mass is 79.9. The number of benzene rings is 1. The largest absolute Gasteiger partial charge is 0.335 e.